The number of thioether (sulfide) groups is 1. The van der Waals surface area contributed by atoms with Gasteiger partial charge in [0.1, 0.15) is 0 Å². The Morgan fingerprint density at radius 3 is 2.53 bits per heavy atom. The van der Waals surface area contributed by atoms with Crippen molar-refractivity contribution in [3.05, 3.63) is 39.7 Å². The van der Waals surface area contributed by atoms with E-state index in [1.165, 1.54) is 9.37 Å². The van der Waals surface area contributed by atoms with Crippen molar-refractivity contribution < 1.29 is 4.79 Å². The van der Waals surface area contributed by atoms with Gasteiger partial charge in [-0.25, -0.2) is 0 Å². The Hall–Kier alpha value is -0.501. The molecule has 0 atom stereocenters. The van der Waals surface area contributed by atoms with Crippen molar-refractivity contribution in [2.24, 2.45) is 5.92 Å². The summed E-state index contributed by atoms with van der Waals surface area (Å²) in [5.41, 5.74) is 1.18. The van der Waals surface area contributed by atoms with Gasteiger partial charge in [0.2, 0.25) is 0 Å². The zero-order valence-electron chi connectivity index (χ0n) is 10.5. The molecule has 0 fully saturated rings. The molecule has 92 valence electrons. The molecule has 0 unspecified atom stereocenters. The zero-order valence-corrected chi connectivity index (χ0v) is 13.0. The second kappa shape index (κ2) is 7.75. The summed E-state index contributed by atoms with van der Waals surface area (Å²) in [4.78, 5) is 11.3. The van der Waals surface area contributed by atoms with Gasteiger partial charge in [0.15, 0.2) is 0 Å². The molecule has 0 aliphatic rings. The van der Waals surface area contributed by atoms with Crippen molar-refractivity contribution in [3.8, 4) is 0 Å². The Balaban J connectivity index is 2.74. The summed E-state index contributed by atoms with van der Waals surface area (Å²) < 4.78 is 1.51. The van der Waals surface area contributed by atoms with Crippen LogP contribution in [0.5, 0.6) is 0 Å². The quantitative estimate of drug-likeness (QED) is 0.746. The average Bonchev–Trinajstić information content (AvgIpc) is 2.26. The molecule has 3 heteroatoms. The van der Waals surface area contributed by atoms with Gasteiger partial charge in [-0.2, -0.15) is 0 Å². The molecule has 0 radical (unpaired) electrons. The molecule has 1 rings (SSSR count). The van der Waals surface area contributed by atoms with E-state index in [4.69, 9.17) is 0 Å². The van der Waals surface area contributed by atoms with E-state index in [1.54, 1.807) is 6.92 Å². The van der Waals surface area contributed by atoms with Gasteiger partial charge in [-0.15, -0.1) is 0 Å². The first-order valence-electron chi connectivity index (χ1n) is 5.66. The Bertz CT molecular complexity index is 384. The van der Waals surface area contributed by atoms with Crippen LogP contribution < -0.4 is 0 Å². The number of benzene rings is 1. The predicted octanol–water partition coefficient (Wildman–Crippen LogP) is 3.62. The topological polar surface area (TPSA) is 17.1 Å². The van der Waals surface area contributed by atoms with Gasteiger partial charge in [-0.3, -0.25) is 0 Å². The second-order valence-corrected chi connectivity index (χ2v) is 8.37. The zero-order chi connectivity index (χ0) is 12.7. The van der Waals surface area contributed by atoms with E-state index in [9.17, 15) is 4.79 Å². The molecule has 0 bridgehead atoms. The fourth-order valence-corrected chi connectivity index (χ4v) is 4.36. The molecule has 0 N–H and O–H groups in total. The maximum absolute atomic E-state index is 11.3. The molecular weight excluding hydrogens is 295 g/mol. The van der Waals surface area contributed by atoms with Crippen LogP contribution in [0.1, 0.15) is 26.3 Å². The number of carbonyl (C=O) groups excluding carboxylic acids is 1. The molecule has 1 aromatic carbocycles. The van der Waals surface area contributed by atoms with Gasteiger partial charge in [0.25, 0.3) is 0 Å². The predicted molar refractivity (Wildman–Crippen MR) is 78.2 cm³/mol. The summed E-state index contributed by atoms with van der Waals surface area (Å²) in [6, 6.07) is 10.2. The SMILES string of the molecule is CC(=O)[Se]/C(=C/c1ccccc1)SCC(C)C. The second-order valence-electron chi connectivity index (χ2n) is 4.17. The summed E-state index contributed by atoms with van der Waals surface area (Å²) in [6.45, 7) is 6.08. The van der Waals surface area contributed by atoms with Crippen molar-refractivity contribution in [2.45, 2.75) is 20.8 Å². The van der Waals surface area contributed by atoms with Crippen molar-refractivity contribution in [1.29, 1.82) is 0 Å². The molecule has 1 aromatic rings. The number of hydrogen-bond donors (Lipinski definition) is 0. The summed E-state index contributed by atoms with van der Waals surface area (Å²) in [6.07, 6.45) is 2.15. The van der Waals surface area contributed by atoms with Crippen LogP contribution in [0.25, 0.3) is 6.08 Å². The summed E-state index contributed by atoms with van der Waals surface area (Å²) in [7, 11) is 0. The molecule has 0 heterocycles. The minimum absolute atomic E-state index is 0.0323. The van der Waals surface area contributed by atoms with Gasteiger partial charge in [-0.1, -0.05) is 0 Å². The van der Waals surface area contributed by atoms with Gasteiger partial charge in [-0.05, 0) is 0 Å². The number of rotatable bonds is 6. The first kappa shape index (κ1) is 14.6. The summed E-state index contributed by atoms with van der Waals surface area (Å²) >= 11 is 1.79. The summed E-state index contributed by atoms with van der Waals surface area (Å²) in [5.74, 6) is 1.73. The third kappa shape index (κ3) is 6.72. The fourth-order valence-electron chi connectivity index (χ4n) is 1.18. The first-order chi connectivity index (χ1) is 8.08. The van der Waals surface area contributed by atoms with E-state index in [2.05, 4.69) is 32.1 Å². The molecule has 0 saturated carbocycles. The molecule has 0 aliphatic carbocycles. The molecular formula is C14H18OSSe. The first-order valence-corrected chi connectivity index (χ1v) is 8.35. The van der Waals surface area contributed by atoms with Crippen LogP contribution in [-0.4, -0.2) is 25.4 Å². The monoisotopic (exact) mass is 314 g/mol. The normalized spacial score (nSPS) is 11.9. The van der Waals surface area contributed by atoms with Crippen LogP contribution >= 0.6 is 11.8 Å². The van der Waals surface area contributed by atoms with Crippen LogP contribution in [0.3, 0.4) is 0 Å². The Labute approximate surface area is 114 Å². The molecule has 0 saturated heterocycles. The Morgan fingerprint density at radius 1 is 1.35 bits per heavy atom. The van der Waals surface area contributed by atoms with Gasteiger partial charge in [0, 0.05) is 0 Å². The molecule has 0 spiro atoms. The number of carbonyl (C=O) groups is 1. The van der Waals surface area contributed by atoms with E-state index in [0.717, 1.165) is 5.75 Å². The van der Waals surface area contributed by atoms with E-state index >= 15 is 0 Å². The molecule has 17 heavy (non-hydrogen) atoms. The van der Waals surface area contributed by atoms with Crippen molar-refractivity contribution in [1.82, 2.24) is 0 Å². The Kier molecular flexibility index (Phi) is 6.64. The third-order valence-corrected chi connectivity index (χ3v) is 5.57. The third-order valence-electron chi connectivity index (χ3n) is 1.89. The maximum atomic E-state index is 11.3. The van der Waals surface area contributed by atoms with E-state index in [-0.39, 0.29) is 19.6 Å². The van der Waals surface area contributed by atoms with Gasteiger partial charge < -0.3 is 0 Å². The minimum atomic E-state index is -0.0323. The molecule has 0 amide bonds. The standard InChI is InChI=1S/C14H18OSSe/c1-11(2)10-16-14(17-12(3)15)9-13-7-5-4-6-8-13/h4-9,11H,10H2,1-3H3/b14-9+. The number of hydrogen-bond acceptors (Lipinski definition) is 2. The van der Waals surface area contributed by atoms with Crippen LogP contribution in [0.4, 0.5) is 0 Å². The summed E-state index contributed by atoms with van der Waals surface area (Å²) in [5, 5.41) is 0. The molecule has 1 nitrogen and oxygen atoms in total. The fraction of sp³-hybridized carbons (Fsp3) is 0.357. The van der Waals surface area contributed by atoms with Crippen LogP contribution in [-0.2, 0) is 4.79 Å². The van der Waals surface area contributed by atoms with Crippen LogP contribution in [0.15, 0.2) is 34.1 Å². The Morgan fingerprint density at radius 2 is 2.00 bits per heavy atom. The average molecular weight is 313 g/mol. The van der Waals surface area contributed by atoms with Gasteiger partial charge >= 0.3 is 114 Å². The van der Waals surface area contributed by atoms with Crippen LogP contribution in [0, 0.1) is 5.92 Å². The van der Waals surface area contributed by atoms with Crippen molar-refractivity contribution in [3.63, 3.8) is 0 Å². The van der Waals surface area contributed by atoms with E-state index in [1.807, 2.05) is 30.0 Å². The van der Waals surface area contributed by atoms with E-state index in [0.29, 0.717) is 5.92 Å². The van der Waals surface area contributed by atoms with Gasteiger partial charge in [0.05, 0.1) is 0 Å². The molecule has 0 aromatic heterocycles. The molecule has 0 aliphatic heterocycles. The van der Waals surface area contributed by atoms with Crippen molar-refractivity contribution >= 4 is 37.5 Å². The van der Waals surface area contributed by atoms with Crippen LogP contribution in [0.2, 0.25) is 0 Å². The van der Waals surface area contributed by atoms with Crippen molar-refractivity contribution in [2.75, 3.05) is 5.75 Å². The van der Waals surface area contributed by atoms with E-state index < -0.39 is 0 Å².